The molecule has 2 nitrogen and oxygen atoms in total. The number of aliphatic hydroxyl groups is 1. The van der Waals surface area contributed by atoms with Crippen molar-refractivity contribution in [2.45, 2.75) is 19.4 Å². The maximum Gasteiger partial charge on any atom is 0.125 e. The number of halogens is 3. The summed E-state index contributed by atoms with van der Waals surface area (Å²) in [5.74, 6) is -0.320. The molecule has 1 unspecified atom stereocenters. The summed E-state index contributed by atoms with van der Waals surface area (Å²) in [6, 6.07) is 10.1. The molecule has 0 aliphatic carbocycles. The fourth-order valence-electron chi connectivity index (χ4n) is 2.26. The van der Waals surface area contributed by atoms with Crippen molar-refractivity contribution < 1.29 is 9.50 Å². The molecule has 0 bridgehead atoms. The maximum absolute atomic E-state index is 13.5. The second kappa shape index (κ2) is 6.34. The Morgan fingerprint density at radius 3 is 2.57 bits per heavy atom. The molecule has 0 spiro atoms. The predicted molar refractivity (Wildman–Crippen MR) is 88.3 cm³/mol. The molecule has 112 valence electrons. The molecule has 2 aromatic carbocycles. The van der Waals surface area contributed by atoms with Crippen molar-refractivity contribution in [2.75, 3.05) is 11.9 Å². The Balaban J connectivity index is 2.41. The van der Waals surface area contributed by atoms with Gasteiger partial charge < -0.3 is 10.4 Å². The van der Waals surface area contributed by atoms with E-state index in [9.17, 15) is 9.50 Å². The van der Waals surface area contributed by atoms with Crippen molar-refractivity contribution in [1.29, 1.82) is 0 Å². The van der Waals surface area contributed by atoms with Gasteiger partial charge in [-0.15, -0.1) is 0 Å². The van der Waals surface area contributed by atoms with E-state index in [1.54, 1.807) is 6.07 Å². The van der Waals surface area contributed by atoms with Gasteiger partial charge in [0, 0.05) is 15.2 Å². The summed E-state index contributed by atoms with van der Waals surface area (Å²) >= 11 is 9.62. The predicted octanol–water partition coefficient (Wildman–Crippen LogP) is 4.87. The van der Waals surface area contributed by atoms with Crippen molar-refractivity contribution >= 4 is 33.2 Å². The smallest absolute Gasteiger partial charge is 0.125 e. The van der Waals surface area contributed by atoms with Crippen LogP contribution in [0.5, 0.6) is 0 Å². The van der Waals surface area contributed by atoms with E-state index in [0.29, 0.717) is 10.7 Å². The third-order valence-electron chi connectivity index (χ3n) is 3.30. The Morgan fingerprint density at radius 2 is 2.00 bits per heavy atom. The first-order valence-corrected chi connectivity index (χ1v) is 7.63. The number of aryl methyl sites for hydroxylation is 1. The first-order chi connectivity index (χ1) is 9.84. The van der Waals surface area contributed by atoms with Gasteiger partial charge in [0.15, 0.2) is 0 Å². The first-order valence-electron chi connectivity index (χ1n) is 6.46. The third-order valence-corrected chi connectivity index (χ3v) is 4.11. The molecule has 1 atom stereocenters. The summed E-state index contributed by atoms with van der Waals surface area (Å²) in [7, 11) is 0. The van der Waals surface area contributed by atoms with Crippen molar-refractivity contribution in [1.82, 2.24) is 0 Å². The van der Waals surface area contributed by atoms with Crippen LogP contribution in [0.3, 0.4) is 0 Å². The van der Waals surface area contributed by atoms with Gasteiger partial charge in [-0.25, -0.2) is 4.39 Å². The van der Waals surface area contributed by atoms with Crippen LogP contribution in [-0.2, 0) is 5.54 Å². The van der Waals surface area contributed by atoms with E-state index in [4.69, 9.17) is 11.6 Å². The van der Waals surface area contributed by atoms with Gasteiger partial charge in [-0.2, -0.15) is 0 Å². The number of rotatable bonds is 4. The van der Waals surface area contributed by atoms with Crippen LogP contribution >= 0.6 is 27.5 Å². The molecule has 0 saturated carbocycles. The van der Waals surface area contributed by atoms with E-state index in [0.717, 1.165) is 15.6 Å². The minimum Gasteiger partial charge on any atom is -0.394 e. The maximum atomic E-state index is 13.5. The minimum absolute atomic E-state index is 0.177. The summed E-state index contributed by atoms with van der Waals surface area (Å²) in [6.45, 7) is 3.46. The van der Waals surface area contributed by atoms with Crippen molar-refractivity contribution in [3.05, 3.63) is 62.8 Å². The Morgan fingerprint density at radius 1 is 1.29 bits per heavy atom. The third kappa shape index (κ3) is 3.76. The van der Waals surface area contributed by atoms with Crippen LogP contribution in [-0.4, -0.2) is 11.7 Å². The zero-order valence-electron chi connectivity index (χ0n) is 11.8. The summed E-state index contributed by atoms with van der Waals surface area (Å²) in [5, 5.41) is 13.5. The Bertz CT molecular complexity index is 644. The summed E-state index contributed by atoms with van der Waals surface area (Å²) in [5.41, 5.74) is 1.34. The molecule has 0 aliphatic rings. The lowest BCUT2D eigenvalue weighted by atomic mass is 9.92. The van der Waals surface area contributed by atoms with Gasteiger partial charge in [0.1, 0.15) is 5.82 Å². The van der Waals surface area contributed by atoms with Crippen molar-refractivity contribution in [2.24, 2.45) is 0 Å². The molecule has 0 aromatic heterocycles. The summed E-state index contributed by atoms with van der Waals surface area (Å²) < 4.78 is 14.4. The van der Waals surface area contributed by atoms with Crippen molar-refractivity contribution in [3.63, 3.8) is 0 Å². The zero-order chi connectivity index (χ0) is 15.6. The van der Waals surface area contributed by atoms with Crippen LogP contribution < -0.4 is 5.32 Å². The molecule has 0 radical (unpaired) electrons. The highest BCUT2D eigenvalue weighted by Crippen LogP contribution is 2.33. The van der Waals surface area contributed by atoms with E-state index in [1.807, 2.05) is 32.0 Å². The Labute approximate surface area is 137 Å². The lowest BCUT2D eigenvalue weighted by Gasteiger charge is -2.31. The SMILES string of the molecule is Cc1cc(F)cc(NC(C)(CO)c2ccc(Br)cc2Cl)c1. The topological polar surface area (TPSA) is 32.3 Å². The molecule has 2 aromatic rings. The number of hydrogen-bond donors (Lipinski definition) is 2. The molecule has 5 heteroatoms. The van der Waals surface area contributed by atoms with E-state index >= 15 is 0 Å². The number of anilines is 1. The zero-order valence-corrected chi connectivity index (χ0v) is 14.1. The molecule has 0 amide bonds. The number of aliphatic hydroxyl groups excluding tert-OH is 1. The average molecular weight is 373 g/mol. The van der Waals surface area contributed by atoms with Gasteiger partial charge in [-0.05, 0) is 55.3 Å². The molecule has 0 fully saturated rings. The molecule has 2 N–H and O–H groups in total. The van der Waals surface area contributed by atoms with Gasteiger partial charge in [0.05, 0.1) is 12.1 Å². The van der Waals surface area contributed by atoms with Crippen LogP contribution in [0.25, 0.3) is 0 Å². The van der Waals surface area contributed by atoms with Gasteiger partial charge in [0.2, 0.25) is 0 Å². The average Bonchev–Trinajstić information content (AvgIpc) is 2.37. The fourth-order valence-corrected chi connectivity index (χ4v) is 3.14. The molecular formula is C16H16BrClFNO. The second-order valence-electron chi connectivity index (χ2n) is 5.26. The molecule has 2 rings (SSSR count). The molecule has 0 heterocycles. The van der Waals surface area contributed by atoms with Gasteiger partial charge in [-0.1, -0.05) is 33.6 Å². The lowest BCUT2D eigenvalue weighted by molar-refractivity contribution is 0.224. The monoisotopic (exact) mass is 371 g/mol. The van der Waals surface area contributed by atoms with Crippen LogP contribution in [0.2, 0.25) is 5.02 Å². The van der Waals surface area contributed by atoms with E-state index in [2.05, 4.69) is 21.2 Å². The molecule has 0 aliphatic heterocycles. The van der Waals surface area contributed by atoms with Gasteiger partial charge in [-0.3, -0.25) is 0 Å². The first kappa shape index (κ1) is 16.3. The highest BCUT2D eigenvalue weighted by Gasteiger charge is 2.28. The van der Waals surface area contributed by atoms with E-state index < -0.39 is 5.54 Å². The molecule has 0 saturated heterocycles. The molecular weight excluding hydrogens is 357 g/mol. The van der Waals surface area contributed by atoms with Gasteiger partial charge >= 0.3 is 0 Å². The Kier molecular flexibility index (Phi) is 4.91. The highest BCUT2D eigenvalue weighted by molar-refractivity contribution is 9.10. The van der Waals surface area contributed by atoms with Crippen LogP contribution in [0, 0.1) is 12.7 Å². The fraction of sp³-hybridized carbons (Fsp3) is 0.250. The second-order valence-corrected chi connectivity index (χ2v) is 6.58. The van der Waals surface area contributed by atoms with Gasteiger partial charge in [0.25, 0.3) is 0 Å². The summed E-state index contributed by atoms with van der Waals surface area (Å²) in [6.07, 6.45) is 0. The largest absolute Gasteiger partial charge is 0.394 e. The number of hydrogen-bond acceptors (Lipinski definition) is 2. The lowest BCUT2D eigenvalue weighted by Crippen LogP contribution is -2.36. The highest BCUT2D eigenvalue weighted by atomic mass is 79.9. The van der Waals surface area contributed by atoms with E-state index in [1.165, 1.54) is 12.1 Å². The molecule has 21 heavy (non-hydrogen) atoms. The standard InChI is InChI=1S/C16H16BrClFNO/c1-10-5-12(19)8-13(6-10)20-16(2,9-21)14-4-3-11(17)7-15(14)18/h3-8,20-21H,9H2,1-2H3. The van der Waals surface area contributed by atoms with Crippen LogP contribution in [0.15, 0.2) is 40.9 Å². The number of benzene rings is 2. The van der Waals surface area contributed by atoms with Crippen LogP contribution in [0.1, 0.15) is 18.1 Å². The number of nitrogens with one attached hydrogen (secondary N) is 1. The quantitative estimate of drug-likeness (QED) is 0.802. The van der Waals surface area contributed by atoms with Crippen LogP contribution in [0.4, 0.5) is 10.1 Å². The van der Waals surface area contributed by atoms with E-state index in [-0.39, 0.29) is 12.4 Å². The summed E-state index contributed by atoms with van der Waals surface area (Å²) in [4.78, 5) is 0. The minimum atomic E-state index is -0.808. The Hall–Kier alpha value is -1.10. The normalized spacial score (nSPS) is 13.8. The van der Waals surface area contributed by atoms with Crippen molar-refractivity contribution in [3.8, 4) is 0 Å².